The van der Waals surface area contributed by atoms with Gasteiger partial charge in [-0.3, -0.25) is 4.79 Å². The number of carbonyl (C=O) groups is 2. The van der Waals surface area contributed by atoms with Crippen LogP contribution in [-0.4, -0.2) is 30.4 Å². The van der Waals surface area contributed by atoms with Crippen molar-refractivity contribution in [2.24, 2.45) is 0 Å². The van der Waals surface area contributed by atoms with Crippen molar-refractivity contribution in [3.05, 3.63) is 56.5 Å². The van der Waals surface area contributed by atoms with Crippen LogP contribution in [0.3, 0.4) is 0 Å². The molecule has 0 unspecified atom stereocenters. The van der Waals surface area contributed by atoms with E-state index in [0.29, 0.717) is 31.5 Å². The van der Waals surface area contributed by atoms with Gasteiger partial charge in [-0.1, -0.05) is 46.4 Å². The van der Waals surface area contributed by atoms with E-state index in [0.717, 1.165) is 0 Å². The smallest absolute Gasteiger partial charge is 0.322 e. The molecule has 2 N–H and O–H groups in total. The van der Waals surface area contributed by atoms with Gasteiger partial charge in [-0.25, -0.2) is 4.79 Å². The van der Waals surface area contributed by atoms with Crippen LogP contribution < -0.4 is 10.6 Å². The summed E-state index contributed by atoms with van der Waals surface area (Å²) in [5.74, 6) is -0.395. The molecular weight excluding hydrogens is 408 g/mol. The summed E-state index contributed by atoms with van der Waals surface area (Å²) in [6.07, 6.45) is 0. The van der Waals surface area contributed by atoms with Gasteiger partial charge in [0.05, 0.1) is 20.8 Å². The van der Waals surface area contributed by atoms with Crippen LogP contribution >= 0.6 is 46.4 Å². The summed E-state index contributed by atoms with van der Waals surface area (Å²) in [6.45, 7) is -0.176. The topological polar surface area (TPSA) is 61.4 Å². The quantitative estimate of drug-likeness (QED) is 0.695. The lowest BCUT2D eigenvalue weighted by Crippen LogP contribution is -2.37. The van der Waals surface area contributed by atoms with Crippen LogP contribution in [0.2, 0.25) is 20.1 Å². The van der Waals surface area contributed by atoms with E-state index in [1.165, 1.54) is 24.1 Å². The monoisotopic (exact) mass is 419 g/mol. The number of amides is 3. The number of rotatable bonds is 4. The van der Waals surface area contributed by atoms with Gasteiger partial charge >= 0.3 is 6.03 Å². The van der Waals surface area contributed by atoms with Crippen molar-refractivity contribution >= 4 is 69.7 Å². The summed E-state index contributed by atoms with van der Waals surface area (Å²) in [7, 11) is 1.47. The molecule has 0 saturated carbocycles. The van der Waals surface area contributed by atoms with Gasteiger partial charge in [0.15, 0.2) is 0 Å². The van der Waals surface area contributed by atoms with E-state index in [9.17, 15) is 9.59 Å². The van der Waals surface area contributed by atoms with Gasteiger partial charge in [0, 0.05) is 17.8 Å². The molecule has 0 aliphatic heterocycles. The number of nitrogens with zero attached hydrogens (tertiary/aromatic N) is 1. The Labute approximate surface area is 164 Å². The standard InChI is InChI=1S/C16H13Cl4N3O2/c1-23(16(25)22-14-6-9(17)2-4-12(14)19)8-15(24)21-10-3-5-11(18)13(20)7-10/h2-7H,8H2,1H3,(H,21,24)(H,22,25). The molecule has 0 heterocycles. The lowest BCUT2D eigenvalue weighted by Gasteiger charge is -2.18. The second kappa shape index (κ2) is 8.63. The van der Waals surface area contributed by atoms with Crippen LogP contribution in [0.5, 0.6) is 0 Å². The minimum Gasteiger partial charge on any atom is -0.324 e. The van der Waals surface area contributed by atoms with E-state index in [1.54, 1.807) is 24.3 Å². The van der Waals surface area contributed by atoms with Crippen molar-refractivity contribution in [2.45, 2.75) is 0 Å². The van der Waals surface area contributed by atoms with Gasteiger partial charge in [0.25, 0.3) is 0 Å². The Balaban J connectivity index is 1.94. The Morgan fingerprint density at radius 3 is 2.28 bits per heavy atom. The van der Waals surface area contributed by atoms with Crippen molar-refractivity contribution in [1.82, 2.24) is 4.90 Å². The summed E-state index contributed by atoms with van der Waals surface area (Å²) in [5.41, 5.74) is 0.835. The molecule has 0 aromatic heterocycles. The highest BCUT2D eigenvalue weighted by Crippen LogP contribution is 2.26. The number of halogens is 4. The molecule has 2 rings (SSSR count). The Bertz CT molecular complexity index is 814. The first-order chi connectivity index (χ1) is 11.8. The maximum absolute atomic E-state index is 12.2. The highest BCUT2D eigenvalue weighted by Gasteiger charge is 2.15. The van der Waals surface area contributed by atoms with E-state index >= 15 is 0 Å². The average Bonchev–Trinajstić information content (AvgIpc) is 2.54. The normalized spacial score (nSPS) is 10.3. The number of hydrogen-bond donors (Lipinski definition) is 2. The number of nitrogens with one attached hydrogen (secondary N) is 2. The van der Waals surface area contributed by atoms with Crippen LogP contribution in [0.4, 0.5) is 16.2 Å². The zero-order valence-electron chi connectivity index (χ0n) is 12.9. The SMILES string of the molecule is CN(CC(=O)Nc1ccc(Cl)c(Cl)c1)C(=O)Nc1cc(Cl)ccc1Cl. The molecule has 9 heteroatoms. The molecule has 132 valence electrons. The maximum Gasteiger partial charge on any atom is 0.322 e. The molecular formula is C16H13Cl4N3O2. The minimum atomic E-state index is -0.506. The fourth-order valence-corrected chi connectivity index (χ4v) is 2.50. The molecule has 0 spiro atoms. The number of urea groups is 1. The van der Waals surface area contributed by atoms with Crippen molar-refractivity contribution < 1.29 is 9.59 Å². The van der Waals surface area contributed by atoms with Gasteiger partial charge in [0.2, 0.25) is 5.91 Å². The molecule has 0 aliphatic carbocycles. The summed E-state index contributed by atoms with van der Waals surface area (Å²) < 4.78 is 0. The van der Waals surface area contributed by atoms with E-state index < -0.39 is 11.9 Å². The average molecular weight is 421 g/mol. The summed E-state index contributed by atoms with van der Waals surface area (Å²) in [6, 6.07) is 8.88. The van der Waals surface area contributed by atoms with Gasteiger partial charge < -0.3 is 15.5 Å². The molecule has 5 nitrogen and oxygen atoms in total. The first-order valence-corrected chi connectivity index (χ1v) is 8.49. The zero-order chi connectivity index (χ0) is 18.6. The number of anilines is 2. The zero-order valence-corrected chi connectivity index (χ0v) is 16.0. The fraction of sp³-hybridized carbons (Fsp3) is 0.125. The fourth-order valence-electron chi connectivity index (χ4n) is 1.87. The first kappa shape index (κ1) is 19.7. The second-order valence-electron chi connectivity index (χ2n) is 5.09. The molecule has 25 heavy (non-hydrogen) atoms. The van der Waals surface area contributed by atoms with Gasteiger partial charge in [-0.05, 0) is 36.4 Å². The largest absolute Gasteiger partial charge is 0.324 e. The van der Waals surface area contributed by atoms with E-state index in [-0.39, 0.29) is 6.54 Å². The minimum absolute atomic E-state index is 0.176. The molecule has 3 amide bonds. The molecule has 0 saturated heterocycles. The van der Waals surface area contributed by atoms with Crippen LogP contribution in [0, 0.1) is 0 Å². The molecule has 2 aromatic rings. The molecule has 0 bridgehead atoms. The molecule has 0 radical (unpaired) electrons. The van der Waals surface area contributed by atoms with Crippen molar-refractivity contribution in [1.29, 1.82) is 0 Å². The Kier molecular flexibility index (Phi) is 6.79. The molecule has 0 aliphatic rings. The molecule has 2 aromatic carbocycles. The summed E-state index contributed by atoms with van der Waals surface area (Å²) >= 11 is 23.6. The third-order valence-corrected chi connectivity index (χ3v) is 4.40. The Morgan fingerprint density at radius 1 is 0.920 bits per heavy atom. The lowest BCUT2D eigenvalue weighted by atomic mass is 10.3. The molecule has 0 fully saturated rings. The van der Waals surface area contributed by atoms with E-state index in [1.807, 2.05) is 0 Å². The van der Waals surface area contributed by atoms with E-state index in [2.05, 4.69) is 10.6 Å². The predicted octanol–water partition coefficient (Wildman–Crippen LogP) is 5.40. The third kappa shape index (κ3) is 5.68. The Morgan fingerprint density at radius 2 is 1.60 bits per heavy atom. The van der Waals surface area contributed by atoms with E-state index in [4.69, 9.17) is 46.4 Å². The van der Waals surface area contributed by atoms with Gasteiger partial charge in [-0.2, -0.15) is 0 Å². The number of benzene rings is 2. The van der Waals surface area contributed by atoms with Crippen LogP contribution in [0.1, 0.15) is 0 Å². The van der Waals surface area contributed by atoms with Crippen LogP contribution in [-0.2, 0) is 4.79 Å². The highest BCUT2D eigenvalue weighted by molar-refractivity contribution is 6.42. The van der Waals surface area contributed by atoms with Crippen molar-refractivity contribution in [3.8, 4) is 0 Å². The first-order valence-electron chi connectivity index (χ1n) is 6.98. The van der Waals surface area contributed by atoms with Crippen LogP contribution in [0.25, 0.3) is 0 Å². The van der Waals surface area contributed by atoms with Crippen molar-refractivity contribution in [2.75, 3.05) is 24.2 Å². The van der Waals surface area contributed by atoms with Crippen molar-refractivity contribution in [3.63, 3.8) is 0 Å². The maximum atomic E-state index is 12.2. The summed E-state index contributed by atoms with van der Waals surface area (Å²) in [5, 5.41) is 6.69. The predicted molar refractivity (Wildman–Crippen MR) is 103 cm³/mol. The third-order valence-electron chi connectivity index (χ3n) is 3.10. The Hall–Kier alpha value is -1.66. The van der Waals surface area contributed by atoms with Gasteiger partial charge in [-0.15, -0.1) is 0 Å². The second-order valence-corrected chi connectivity index (χ2v) is 6.75. The lowest BCUT2D eigenvalue weighted by molar-refractivity contribution is -0.116. The number of carbonyl (C=O) groups excluding carboxylic acids is 2. The van der Waals surface area contributed by atoms with Crippen LogP contribution in [0.15, 0.2) is 36.4 Å². The highest BCUT2D eigenvalue weighted by atomic mass is 35.5. The number of likely N-dealkylation sites (N-methyl/N-ethyl adjacent to an activating group) is 1. The van der Waals surface area contributed by atoms with Gasteiger partial charge in [0.1, 0.15) is 6.54 Å². The summed E-state index contributed by atoms with van der Waals surface area (Å²) in [4.78, 5) is 25.4. The molecule has 0 atom stereocenters. The number of hydrogen-bond acceptors (Lipinski definition) is 2.